The number of nitrogens with one attached hydrogen (secondary N) is 1. The van der Waals surface area contributed by atoms with Crippen molar-refractivity contribution in [3.8, 4) is 11.4 Å². The molecule has 4 rings (SSSR count). The number of aromatic nitrogens is 4. The molecule has 0 saturated carbocycles. The largest absolute Gasteiger partial charge is 0.418 e. The molecule has 0 amide bonds. The maximum absolute atomic E-state index is 13.6. The van der Waals surface area contributed by atoms with Gasteiger partial charge in [-0.25, -0.2) is 15.0 Å². The first-order valence-corrected chi connectivity index (χ1v) is 11.9. The van der Waals surface area contributed by atoms with Crippen LogP contribution in [-0.2, 0) is 23.9 Å². The summed E-state index contributed by atoms with van der Waals surface area (Å²) < 4.78 is 46.4. The molecule has 6 nitrogen and oxygen atoms in total. The Morgan fingerprint density at radius 1 is 1.00 bits per heavy atom. The minimum Gasteiger partial charge on any atom is -0.373 e. The summed E-state index contributed by atoms with van der Waals surface area (Å²) >= 11 is 6.26. The lowest BCUT2D eigenvalue weighted by molar-refractivity contribution is -0.137. The lowest BCUT2D eigenvalue weighted by Crippen LogP contribution is -2.12. The standard InChI is InChI=1S/C26H25ClF3N5O/c1-16(2)14-36-15-22-34-24(32-13-11-17-6-3-4-8-20(17)27)18-9-10-21(33-25(18)35-22)23-19(26(28,29)30)7-5-12-31-23/h3-10,12,16H,11,13-15H2,1-2H3,(H,32,33,34,35). The lowest BCUT2D eigenvalue weighted by atomic mass is 10.1. The molecule has 3 heterocycles. The van der Waals surface area contributed by atoms with E-state index >= 15 is 0 Å². The van der Waals surface area contributed by atoms with E-state index in [1.54, 1.807) is 6.07 Å². The van der Waals surface area contributed by atoms with Crippen molar-refractivity contribution in [3.05, 3.63) is 76.7 Å². The number of rotatable bonds is 9. The Labute approximate surface area is 211 Å². The van der Waals surface area contributed by atoms with Crippen LogP contribution in [-0.4, -0.2) is 33.1 Å². The maximum Gasteiger partial charge on any atom is 0.418 e. The summed E-state index contributed by atoms with van der Waals surface area (Å²) in [7, 11) is 0. The zero-order chi connectivity index (χ0) is 25.7. The van der Waals surface area contributed by atoms with Crippen LogP contribution in [0.25, 0.3) is 22.4 Å². The molecule has 0 fully saturated rings. The molecule has 0 aliphatic carbocycles. The van der Waals surface area contributed by atoms with Crippen molar-refractivity contribution in [3.63, 3.8) is 0 Å². The number of hydrogen-bond donors (Lipinski definition) is 1. The fraction of sp³-hybridized carbons (Fsp3) is 0.308. The SMILES string of the molecule is CC(C)COCc1nc(NCCc2ccccc2Cl)c2ccc(-c3ncccc3C(F)(F)F)nc2n1. The molecule has 0 radical (unpaired) electrons. The van der Waals surface area contributed by atoms with E-state index in [0.29, 0.717) is 47.5 Å². The highest BCUT2D eigenvalue weighted by Crippen LogP contribution is 2.35. The van der Waals surface area contributed by atoms with Gasteiger partial charge in [0.25, 0.3) is 0 Å². The van der Waals surface area contributed by atoms with Crippen molar-refractivity contribution >= 4 is 28.5 Å². The fourth-order valence-corrected chi connectivity index (χ4v) is 3.86. The highest BCUT2D eigenvalue weighted by Gasteiger charge is 2.34. The minimum atomic E-state index is -4.56. The smallest absolute Gasteiger partial charge is 0.373 e. The summed E-state index contributed by atoms with van der Waals surface area (Å²) in [6.45, 7) is 5.26. The molecule has 1 N–H and O–H groups in total. The number of anilines is 1. The van der Waals surface area contributed by atoms with Crippen LogP contribution in [0.1, 0.15) is 30.8 Å². The van der Waals surface area contributed by atoms with Gasteiger partial charge in [-0.2, -0.15) is 13.2 Å². The van der Waals surface area contributed by atoms with Crippen LogP contribution < -0.4 is 5.32 Å². The van der Waals surface area contributed by atoms with Gasteiger partial charge in [0.1, 0.15) is 18.1 Å². The minimum absolute atomic E-state index is 0.0743. The van der Waals surface area contributed by atoms with E-state index in [9.17, 15) is 13.2 Å². The molecule has 10 heteroatoms. The van der Waals surface area contributed by atoms with Crippen LogP contribution in [0.4, 0.5) is 19.0 Å². The number of fused-ring (bicyclic) bond motifs is 1. The number of alkyl halides is 3. The van der Waals surface area contributed by atoms with Gasteiger partial charge in [-0.3, -0.25) is 4.98 Å². The van der Waals surface area contributed by atoms with E-state index in [4.69, 9.17) is 16.3 Å². The number of pyridine rings is 2. The summed E-state index contributed by atoms with van der Waals surface area (Å²) in [5, 5.41) is 4.55. The molecular formula is C26H25ClF3N5O. The molecule has 3 aromatic heterocycles. The lowest BCUT2D eigenvalue weighted by Gasteiger charge is -2.14. The quantitative estimate of drug-likeness (QED) is 0.271. The Morgan fingerprint density at radius 3 is 2.56 bits per heavy atom. The number of nitrogens with zero attached hydrogens (tertiary/aromatic N) is 4. The molecule has 0 aliphatic rings. The second kappa shape index (κ2) is 11.2. The molecule has 4 aromatic rings. The van der Waals surface area contributed by atoms with Crippen molar-refractivity contribution in [2.45, 2.75) is 33.1 Å². The van der Waals surface area contributed by atoms with Gasteiger partial charge in [0.05, 0.1) is 16.6 Å². The summed E-state index contributed by atoms with van der Waals surface area (Å²) in [5.41, 5.74) is 0.205. The van der Waals surface area contributed by atoms with Crippen molar-refractivity contribution in [1.29, 1.82) is 0 Å². The molecule has 0 aliphatic heterocycles. The van der Waals surface area contributed by atoms with E-state index in [0.717, 1.165) is 11.6 Å². The zero-order valence-electron chi connectivity index (χ0n) is 19.8. The summed E-state index contributed by atoms with van der Waals surface area (Å²) in [6.07, 6.45) is -2.60. The Hall–Kier alpha value is -3.30. The van der Waals surface area contributed by atoms with E-state index in [1.807, 2.05) is 38.1 Å². The van der Waals surface area contributed by atoms with Crippen LogP contribution in [0.2, 0.25) is 5.02 Å². The molecule has 0 atom stereocenters. The number of halogens is 4. The van der Waals surface area contributed by atoms with Crippen molar-refractivity contribution in [2.24, 2.45) is 5.92 Å². The highest BCUT2D eigenvalue weighted by molar-refractivity contribution is 6.31. The van der Waals surface area contributed by atoms with Crippen molar-refractivity contribution in [2.75, 3.05) is 18.5 Å². The van der Waals surface area contributed by atoms with Crippen LogP contribution in [0.3, 0.4) is 0 Å². The highest BCUT2D eigenvalue weighted by atomic mass is 35.5. The van der Waals surface area contributed by atoms with E-state index in [2.05, 4.69) is 25.3 Å². The third-order valence-electron chi connectivity index (χ3n) is 5.29. The van der Waals surface area contributed by atoms with Crippen molar-refractivity contribution in [1.82, 2.24) is 19.9 Å². The van der Waals surface area contributed by atoms with Gasteiger partial charge < -0.3 is 10.1 Å². The number of benzene rings is 1. The molecule has 1 aromatic carbocycles. The zero-order valence-corrected chi connectivity index (χ0v) is 20.6. The second-order valence-electron chi connectivity index (χ2n) is 8.63. The Balaban J connectivity index is 1.68. The van der Waals surface area contributed by atoms with E-state index < -0.39 is 11.7 Å². The second-order valence-corrected chi connectivity index (χ2v) is 9.04. The molecule has 188 valence electrons. The van der Waals surface area contributed by atoms with Gasteiger partial charge >= 0.3 is 6.18 Å². The van der Waals surface area contributed by atoms with Crippen LogP contribution >= 0.6 is 11.6 Å². The third-order valence-corrected chi connectivity index (χ3v) is 5.66. The average Bonchev–Trinajstić information content (AvgIpc) is 2.84. The normalized spacial score (nSPS) is 11.9. The first kappa shape index (κ1) is 25.8. The summed E-state index contributed by atoms with van der Waals surface area (Å²) in [4.78, 5) is 17.5. The molecule has 0 unspecified atom stereocenters. The maximum atomic E-state index is 13.6. The summed E-state index contributed by atoms with van der Waals surface area (Å²) in [5.74, 6) is 1.23. The van der Waals surface area contributed by atoms with E-state index in [-0.39, 0.29) is 23.6 Å². The molecule has 0 bridgehead atoms. The molecule has 0 saturated heterocycles. The average molecular weight is 516 g/mol. The summed E-state index contributed by atoms with van der Waals surface area (Å²) in [6, 6.07) is 13.0. The predicted molar refractivity (Wildman–Crippen MR) is 134 cm³/mol. The van der Waals surface area contributed by atoms with Gasteiger partial charge in [0.15, 0.2) is 11.5 Å². The van der Waals surface area contributed by atoms with Crippen LogP contribution in [0, 0.1) is 5.92 Å². The Bertz CT molecular complexity index is 1350. The van der Waals surface area contributed by atoms with E-state index in [1.165, 1.54) is 18.3 Å². The Kier molecular flexibility index (Phi) is 8.01. The topological polar surface area (TPSA) is 72.8 Å². The first-order valence-electron chi connectivity index (χ1n) is 11.5. The predicted octanol–water partition coefficient (Wildman–Crippen LogP) is 6.59. The van der Waals surface area contributed by atoms with Crippen molar-refractivity contribution < 1.29 is 17.9 Å². The molecule has 36 heavy (non-hydrogen) atoms. The van der Waals surface area contributed by atoms with Gasteiger partial charge in [-0.1, -0.05) is 43.6 Å². The van der Waals surface area contributed by atoms with Gasteiger partial charge in [-0.15, -0.1) is 0 Å². The number of ether oxygens (including phenoxy) is 1. The van der Waals surface area contributed by atoms with Gasteiger partial charge in [0.2, 0.25) is 0 Å². The molecular weight excluding hydrogens is 491 g/mol. The van der Waals surface area contributed by atoms with Crippen LogP contribution in [0.15, 0.2) is 54.7 Å². The first-order chi connectivity index (χ1) is 17.2. The van der Waals surface area contributed by atoms with Gasteiger partial charge in [-0.05, 0) is 48.2 Å². The fourth-order valence-electron chi connectivity index (χ4n) is 3.63. The van der Waals surface area contributed by atoms with Gasteiger partial charge in [0, 0.05) is 24.4 Å². The number of hydrogen-bond acceptors (Lipinski definition) is 6. The molecule has 0 spiro atoms. The monoisotopic (exact) mass is 515 g/mol. The Morgan fingerprint density at radius 2 is 1.81 bits per heavy atom. The third kappa shape index (κ3) is 6.27. The van der Waals surface area contributed by atoms with Crippen LogP contribution in [0.5, 0.6) is 0 Å².